The Kier molecular flexibility index (Phi) is 3.61. The molecule has 2 heterocycles. The second kappa shape index (κ2) is 5.94. The van der Waals surface area contributed by atoms with Crippen LogP contribution in [0.25, 0.3) is 5.69 Å². The first-order valence-corrected chi connectivity index (χ1v) is 7.83. The fourth-order valence-electron chi connectivity index (χ4n) is 3.05. The molecular formula is C18H16N4O3. The van der Waals surface area contributed by atoms with Crippen molar-refractivity contribution in [2.45, 2.75) is 13.1 Å². The summed E-state index contributed by atoms with van der Waals surface area (Å²) in [5.74, 6) is 0.722. The fraction of sp³-hybridized carbons (Fsp3) is 0.167. The summed E-state index contributed by atoms with van der Waals surface area (Å²) in [6.45, 7) is 1.05. The van der Waals surface area contributed by atoms with Crippen molar-refractivity contribution in [1.82, 2.24) is 19.7 Å². The van der Waals surface area contributed by atoms with E-state index in [-0.39, 0.29) is 11.6 Å². The number of fused-ring (bicyclic) bond motifs is 1. The zero-order chi connectivity index (χ0) is 17.4. The molecule has 0 spiro atoms. The lowest BCUT2D eigenvalue weighted by molar-refractivity contribution is 0.0766. The van der Waals surface area contributed by atoms with Crippen molar-refractivity contribution >= 4 is 5.91 Å². The van der Waals surface area contributed by atoms with Gasteiger partial charge in [0, 0.05) is 18.7 Å². The minimum absolute atomic E-state index is 0.0452. The number of H-pyrrole nitrogens is 1. The van der Waals surface area contributed by atoms with Crippen LogP contribution in [-0.4, -0.2) is 32.7 Å². The normalized spacial score (nSPS) is 13.2. The van der Waals surface area contributed by atoms with Gasteiger partial charge in [0.25, 0.3) is 5.91 Å². The molecule has 2 aromatic carbocycles. The summed E-state index contributed by atoms with van der Waals surface area (Å²) in [5.41, 5.74) is 2.86. The molecule has 0 atom stereocenters. The third-order valence-electron chi connectivity index (χ3n) is 4.31. The number of ether oxygens (including phenoxy) is 1. The molecule has 0 saturated heterocycles. The van der Waals surface area contributed by atoms with Gasteiger partial charge in [-0.3, -0.25) is 4.79 Å². The molecule has 1 aliphatic rings. The van der Waals surface area contributed by atoms with E-state index < -0.39 is 0 Å². The molecule has 1 aliphatic heterocycles. The first kappa shape index (κ1) is 15.2. The van der Waals surface area contributed by atoms with Crippen molar-refractivity contribution in [3.8, 4) is 11.4 Å². The number of aromatic nitrogens is 3. The maximum Gasteiger partial charge on any atom is 0.347 e. The van der Waals surface area contributed by atoms with E-state index in [0.717, 1.165) is 16.9 Å². The fourth-order valence-corrected chi connectivity index (χ4v) is 3.05. The van der Waals surface area contributed by atoms with Gasteiger partial charge in [0.15, 0.2) is 0 Å². The third kappa shape index (κ3) is 2.69. The van der Waals surface area contributed by atoms with Crippen molar-refractivity contribution in [2.75, 3.05) is 7.11 Å². The molecule has 0 unspecified atom stereocenters. The van der Waals surface area contributed by atoms with Crippen LogP contribution in [0.1, 0.15) is 21.5 Å². The van der Waals surface area contributed by atoms with Crippen LogP contribution >= 0.6 is 0 Å². The molecular weight excluding hydrogens is 320 g/mol. The molecule has 0 saturated carbocycles. The van der Waals surface area contributed by atoms with Crippen molar-refractivity contribution in [3.63, 3.8) is 0 Å². The Bertz CT molecular complexity index is 1010. The van der Waals surface area contributed by atoms with E-state index in [9.17, 15) is 9.59 Å². The quantitative estimate of drug-likeness (QED) is 0.787. The predicted octanol–water partition coefficient (Wildman–Crippen LogP) is 1.73. The lowest BCUT2D eigenvalue weighted by Gasteiger charge is -2.16. The van der Waals surface area contributed by atoms with E-state index in [1.165, 1.54) is 10.9 Å². The molecule has 4 rings (SSSR count). The third-order valence-corrected chi connectivity index (χ3v) is 4.31. The van der Waals surface area contributed by atoms with E-state index in [0.29, 0.717) is 24.3 Å². The van der Waals surface area contributed by atoms with Crippen LogP contribution in [0.4, 0.5) is 0 Å². The number of rotatable bonds is 4. The first-order chi connectivity index (χ1) is 12.2. The van der Waals surface area contributed by atoms with Gasteiger partial charge in [0.2, 0.25) is 0 Å². The summed E-state index contributed by atoms with van der Waals surface area (Å²) in [5, 5.41) is 6.06. The summed E-state index contributed by atoms with van der Waals surface area (Å²) in [4.78, 5) is 26.2. The number of hydrogen-bond donors (Lipinski definition) is 1. The lowest BCUT2D eigenvalue weighted by atomic mass is 10.1. The highest BCUT2D eigenvalue weighted by Crippen LogP contribution is 2.27. The molecule has 3 aromatic rings. The number of carbonyl (C=O) groups is 1. The van der Waals surface area contributed by atoms with Crippen LogP contribution in [0.2, 0.25) is 0 Å². The van der Waals surface area contributed by atoms with Gasteiger partial charge in [0.05, 0.1) is 12.8 Å². The maximum atomic E-state index is 12.7. The number of nitrogens with one attached hydrogen (secondary N) is 1. The van der Waals surface area contributed by atoms with Crippen LogP contribution in [0.5, 0.6) is 5.75 Å². The number of hydrogen-bond acceptors (Lipinski definition) is 4. The van der Waals surface area contributed by atoms with Crippen LogP contribution in [0.15, 0.2) is 53.6 Å². The summed E-state index contributed by atoms with van der Waals surface area (Å²) >= 11 is 0. The molecule has 1 amide bonds. The van der Waals surface area contributed by atoms with Crippen molar-refractivity contribution in [1.29, 1.82) is 0 Å². The van der Waals surface area contributed by atoms with E-state index in [1.54, 1.807) is 18.1 Å². The minimum Gasteiger partial charge on any atom is -0.497 e. The van der Waals surface area contributed by atoms with Gasteiger partial charge in [0.1, 0.15) is 12.1 Å². The summed E-state index contributed by atoms with van der Waals surface area (Å²) < 4.78 is 6.60. The van der Waals surface area contributed by atoms with Gasteiger partial charge < -0.3 is 9.64 Å². The lowest BCUT2D eigenvalue weighted by Crippen LogP contribution is -2.23. The van der Waals surface area contributed by atoms with Crippen molar-refractivity contribution in [2.24, 2.45) is 0 Å². The van der Waals surface area contributed by atoms with Gasteiger partial charge in [-0.05, 0) is 35.4 Å². The minimum atomic E-state index is -0.335. The average molecular weight is 336 g/mol. The molecule has 25 heavy (non-hydrogen) atoms. The number of amides is 1. The van der Waals surface area contributed by atoms with E-state index >= 15 is 0 Å². The van der Waals surface area contributed by atoms with Gasteiger partial charge >= 0.3 is 5.69 Å². The molecule has 1 aromatic heterocycles. The van der Waals surface area contributed by atoms with Crippen LogP contribution in [0.3, 0.4) is 0 Å². The number of carbonyl (C=O) groups excluding carboxylic acids is 1. The number of methoxy groups -OCH3 is 1. The van der Waals surface area contributed by atoms with Gasteiger partial charge in [-0.2, -0.15) is 5.10 Å². The number of aromatic amines is 1. The van der Waals surface area contributed by atoms with Gasteiger partial charge in [-0.25, -0.2) is 14.5 Å². The average Bonchev–Trinajstić information content (AvgIpc) is 3.19. The molecule has 7 nitrogen and oxygen atoms in total. The molecule has 0 bridgehead atoms. The van der Waals surface area contributed by atoms with E-state index in [4.69, 9.17) is 4.74 Å². The monoisotopic (exact) mass is 336 g/mol. The summed E-state index contributed by atoms with van der Waals surface area (Å²) in [6.07, 6.45) is 1.40. The second-order valence-corrected chi connectivity index (χ2v) is 5.89. The highest BCUT2D eigenvalue weighted by atomic mass is 16.5. The second-order valence-electron chi connectivity index (χ2n) is 5.89. The molecule has 0 radical (unpaired) electrons. The Morgan fingerprint density at radius 1 is 1.20 bits per heavy atom. The molecule has 126 valence electrons. The highest BCUT2D eigenvalue weighted by Gasteiger charge is 2.27. The Morgan fingerprint density at radius 3 is 2.84 bits per heavy atom. The van der Waals surface area contributed by atoms with Crippen LogP contribution in [-0.2, 0) is 13.1 Å². The van der Waals surface area contributed by atoms with Crippen molar-refractivity contribution < 1.29 is 9.53 Å². The number of benzene rings is 2. The van der Waals surface area contributed by atoms with E-state index in [2.05, 4.69) is 10.2 Å². The topological polar surface area (TPSA) is 80.2 Å². The molecule has 0 aliphatic carbocycles. The standard InChI is InChI=1S/C18H16N4O3/c1-25-15-4-2-3-12(7-15)9-21-10-13-5-6-14(8-16(13)17(21)23)22-11-19-20-18(22)24/h2-8,11H,9-10H2,1H3,(H,20,24). The van der Waals surface area contributed by atoms with Gasteiger partial charge in [-0.1, -0.05) is 18.2 Å². The summed E-state index contributed by atoms with van der Waals surface area (Å²) in [7, 11) is 1.62. The smallest absolute Gasteiger partial charge is 0.347 e. The SMILES string of the molecule is COc1cccc(CN2Cc3ccc(-n4cn[nH]c4=O)cc3C2=O)c1. The zero-order valence-electron chi connectivity index (χ0n) is 13.6. The Morgan fingerprint density at radius 2 is 2.08 bits per heavy atom. The Labute approximate surface area is 143 Å². The molecule has 1 N–H and O–H groups in total. The highest BCUT2D eigenvalue weighted by molar-refractivity contribution is 5.98. The van der Waals surface area contributed by atoms with Crippen LogP contribution < -0.4 is 10.4 Å². The number of nitrogens with zero attached hydrogens (tertiary/aromatic N) is 3. The van der Waals surface area contributed by atoms with Crippen LogP contribution in [0, 0.1) is 0 Å². The maximum absolute atomic E-state index is 12.7. The largest absolute Gasteiger partial charge is 0.497 e. The van der Waals surface area contributed by atoms with E-state index in [1.807, 2.05) is 36.4 Å². The predicted molar refractivity (Wildman–Crippen MR) is 90.8 cm³/mol. The van der Waals surface area contributed by atoms with Gasteiger partial charge in [-0.15, -0.1) is 0 Å². The Hall–Kier alpha value is -3.35. The first-order valence-electron chi connectivity index (χ1n) is 7.83. The summed E-state index contributed by atoms with van der Waals surface area (Å²) in [6, 6.07) is 13.1. The zero-order valence-corrected chi connectivity index (χ0v) is 13.6. The molecule has 7 heteroatoms. The van der Waals surface area contributed by atoms with Crippen molar-refractivity contribution in [3.05, 3.63) is 76.0 Å². The molecule has 0 fully saturated rings. The Balaban J connectivity index is 1.61.